The van der Waals surface area contributed by atoms with Crippen molar-refractivity contribution in [2.45, 2.75) is 59.9 Å². The van der Waals surface area contributed by atoms with E-state index in [2.05, 4.69) is 44.8 Å². The van der Waals surface area contributed by atoms with Gasteiger partial charge >= 0.3 is 0 Å². The lowest BCUT2D eigenvalue weighted by Gasteiger charge is -2.29. The Morgan fingerprint density at radius 3 is 2.25 bits per heavy atom. The molecule has 0 aliphatic carbocycles. The Morgan fingerprint density at radius 1 is 1.06 bits per heavy atom. The predicted molar refractivity (Wildman–Crippen MR) is 73.9 cm³/mol. The number of unbranched alkanes of at least 4 members (excludes halogenated alkanes) is 2. The van der Waals surface area contributed by atoms with E-state index >= 15 is 0 Å². The van der Waals surface area contributed by atoms with Gasteiger partial charge < -0.3 is 5.32 Å². The van der Waals surface area contributed by atoms with E-state index in [1.165, 1.54) is 32.4 Å². The summed E-state index contributed by atoms with van der Waals surface area (Å²) in [6.45, 7) is 16.1. The quantitative estimate of drug-likeness (QED) is 0.578. The third-order valence-corrected chi connectivity index (χ3v) is 3.03. The molecule has 0 saturated heterocycles. The van der Waals surface area contributed by atoms with E-state index in [0.717, 1.165) is 19.0 Å². The van der Waals surface area contributed by atoms with Gasteiger partial charge in [-0.3, -0.25) is 4.90 Å². The first kappa shape index (κ1) is 15.9. The van der Waals surface area contributed by atoms with Crippen LogP contribution in [0.5, 0.6) is 0 Å². The Morgan fingerprint density at radius 2 is 1.75 bits per heavy atom. The van der Waals surface area contributed by atoms with Gasteiger partial charge in [0.25, 0.3) is 0 Å². The Kier molecular flexibility index (Phi) is 10.0. The van der Waals surface area contributed by atoms with E-state index in [9.17, 15) is 0 Å². The molecule has 0 bridgehead atoms. The topological polar surface area (TPSA) is 15.3 Å². The second-order valence-corrected chi connectivity index (χ2v) is 5.24. The highest BCUT2D eigenvalue weighted by molar-refractivity contribution is 4.69. The van der Waals surface area contributed by atoms with Crippen LogP contribution in [0.25, 0.3) is 0 Å². The van der Waals surface area contributed by atoms with Gasteiger partial charge in [0.1, 0.15) is 0 Å². The molecular weight excluding hydrogens is 196 g/mol. The second kappa shape index (κ2) is 10.1. The Labute approximate surface area is 103 Å². The lowest BCUT2D eigenvalue weighted by molar-refractivity contribution is 0.192. The van der Waals surface area contributed by atoms with Crippen LogP contribution in [0.3, 0.4) is 0 Å². The van der Waals surface area contributed by atoms with Gasteiger partial charge in [0.15, 0.2) is 0 Å². The van der Waals surface area contributed by atoms with E-state index in [1.54, 1.807) is 0 Å². The van der Waals surface area contributed by atoms with Crippen LogP contribution in [0.15, 0.2) is 0 Å². The molecule has 1 atom stereocenters. The molecule has 2 nitrogen and oxygen atoms in total. The summed E-state index contributed by atoms with van der Waals surface area (Å²) in [7, 11) is 0. The smallest absolute Gasteiger partial charge is 0.0192 e. The van der Waals surface area contributed by atoms with Crippen LogP contribution in [0, 0.1) is 5.92 Å². The first-order chi connectivity index (χ1) is 7.61. The largest absolute Gasteiger partial charge is 0.315 e. The minimum Gasteiger partial charge on any atom is -0.315 e. The van der Waals surface area contributed by atoms with Crippen molar-refractivity contribution in [3.05, 3.63) is 0 Å². The van der Waals surface area contributed by atoms with Crippen molar-refractivity contribution in [3.8, 4) is 0 Å². The summed E-state index contributed by atoms with van der Waals surface area (Å²) in [5.74, 6) is 0.766. The molecule has 0 saturated carbocycles. The highest BCUT2D eigenvalue weighted by atomic mass is 15.2. The van der Waals surface area contributed by atoms with Crippen LogP contribution in [0.2, 0.25) is 0 Å². The van der Waals surface area contributed by atoms with E-state index in [-0.39, 0.29) is 0 Å². The minimum absolute atomic E-state index is 0.661. The van der Waals surface area contributed by atoms with Crippen LogP contribution < -0.4 is 5.32 Å². The Balaban J connectivity index is 3.62. The molecule has 0 aliphatic heterocycles. The maximum absolute atomic E-state index is 3.57. The highest BCUT2D eigenvalue weighted by Gasteiger charge is 2.12. The number of nitrogens with one attached hydrogen (secondary N) is 1. The van der Waals surface area contributed by atoms with Gasteiger partial charge in [-0.15, -0.1) is 0 Å². The molecule has 98 valence electrons. The van der Waals surface area contributed by atoms with Crippen LogP contribution in [0.1, 0.15) is 53.9 Å². The summed E-state index contributed by atoms with van der Waals surface area (Å²) < 4.78 is 0. The Hall–Kier alpha value is -0.0800. The predicted octanol–water partition coefficient (Wildman–Crippen LogP) is 3.13. The third-order valence-electron chi connectivity index (χ3n) is 3.03. The maximum Gasteiger partial charge on any atom is 0.0192 e. The molecule has 0 aromatic carbocycles. The van der Waals surface area contributed by atoms with Crippen LogP contribution >= 0.6 is 0 Å². The molecule has 1 N–H and O–H groups in total. The number of hydrogen-bond acceptors (Lipinski definition) is 2. The average molecular weight is 228 g/mol. The average Bonchev–Trinajstić information content (AvgIpc) is 2.25. The van der Waals surface area contributed by atoms with E-state index in [1.807, 2.05) is 0 Å². The molecular formula is C14H32N2. The standard InChI is InChI=1S/C14H32N2/c1-6-8-9-10-15-11-14(5)16(7-2)12-13(3)4/h13-15H,6-12H2,1-5H3. The van der Waals surface area contributed by atoms with E-state index < -0.39 is 0 Å². The molecule has 0 aliphatic rings. The number of likely N-dealkylation sites (N-methyl/N-ethyl adjacent to an activating group) is 1. The zero-order valence-corrected chi connectivity index (χ0v) is 12.1. The number of rotatable bonds is 10. The van der Waals surface area contributed by atoms with Gasteiger partial charge in [0.05, 0.1) is 0 Å². The van der Waals surface area contributed by atoms with Crippen LogP contribution in [-0.2, 0) is 0 Å². The number of nitrogens with zero attached hydrogens (tertiary/aromatic N) is 1. The molecule has 1 unspecified atom stereocenters. The summed E-state index contributed by atoms with van der Waals surface area (Å²) in [5.41, 5.74) is 0. The summed E-state index contributed by atoms with van der Waals surface area (Å²) in [6.07, 6.45) is 3.98. The normalized spacial score (nSPS) is 13.7. The lowest BCUT2D eigenvalue weighted by atomic mass is 10.1. The van der Waals surface area contributed by atoms with Crippen molar-refractivity contribution in [3.63, 3.8) is 0 Å². The first-order valence-corrected chi connectivity index (χ1v) is 7.06. The molecule has 0 amide bonds. The van der Waals surface area contributed by atoms with Crippen molar-refractivity contribution < 1.29 is 0 Å². The molecule has 0 rings (SSSR count). The molecule has 0 spiro atoms. The maximum atomic E-state index is 3.57. The SMILES string of the molecule is CCCCCNCC(C)N(CC)CC(C)C. The van der Waals surface area contributed by atoms with Gasteiger partial charge in [-0.25, -0.2) is 0 Å². The zero-order valence-electron chi connectivity index (χ0n) is 12.1. The van der Waals surface area contributed by atoms with Crippen molar-refractivity contribution in [2.75, 3.05) is 26.2 Å². The monoisotopic (exact) mass is 228 g/mol. The number of hydrogen-bond donors (Lipinski definition) is 1. The fourth-order valence-corrected chi connectivity index (χ4v) is 2.03. The molecule has 0 fully saturated rings. The van der Waals surface area contributed by atoms with Crippen LogP contribution in [-0.4, -0.2) is 37.1 Å². The van der Waals surface area contributed by atoms with Gasteiger partial charge in [-0.05, 0) is 32.4 Å². The minimum atomic E-state index is 0.661. The second-order valence-electron chi connectivity index (χ2n) is 5.24. The summed E-state index contributed by atoms with van der Waals surface area (Å²) in [4.78, 5) is 2.57. The fourth-order valence-electron chi connectivity index (χ4n) is 2.03. The summed E-state index contributed by atoms with van der Waals surface area (Å²) >= 11 is 0. The van der Waals surface area contributed by atoms with Gasteiger partial charge in [0, 0.05) is 19.1 Å². The van der Waals surface area contributed by atoms with Gasteiger partial charge in [0.2, 0.25) is 0 Å². The van der Waals surface area contributed by atoms with Crippen molar-refractivity contribution in [1.82, 2.24) is 10.2 Å². The first-order valence-electron chi connectivity index (χ1n) is 7.06. The van der Waals surface area contributed by atoms with Crippen molar-refractivity contribution in [1.29, 1.82) is 0 Å². The lowest BCUT2D eigenvalue weighted by Crippen LogP contribution is -2.42. The van der Waals surface area contributed by atoms with Crippen LogP contribution in [0.4, 0.5) is 0 Å². The van der Waals surface area contributed by atoms with Crippen molar-refractivity contribution >= 4 is 0 Å². The van der Waals surface area contributed by atoms with Gasteiger partial charge in [-0.1, -0.05) is 40.5 Å². The molecule has 0 aromatic rings. The summed E-state index contributed by atoms with van der Waals surface area (Å²) in [6, 6.07) is 0.661. The van der Waals surface area contributed by atoms with Crippen molar-refractivity contribution in [2.24, 2.45) is 5.92 Å². The molecule has 0 radical (unpaired) electrons. The third kappa shape index (κ3) is 8.12. The fraction of sp³-hybridized carbons (Fsp3) is 1.00. The van der Waals surface area contributed by atoms with E-state index in [4.69, 9.17) is 0 Å². The molecule has 16 heavy (non-hydrogen) atoms. The molecule has 2 heteroatoms. The highest BCUT2D eigenvalue weighted by Crippen LogP contribution is 2.03. The molecule has 0 aromatic heterocycles. The zero-order chi connectivity index (χ0) is 12.4. The Bertz CT molecular complexity index is 146. The molecule has 0 heterocycles. The van der Waals surface area contributed by atoms with E-state index in [0.29, 0.717) is 6.04 Å². The summed E-state index contributed by atoms with van der Waals surface area (Å²) in [5, 5.41) is 3.57. The van der Waals surface area contributed by atoms with Gasteiger partial charge in [-0.2, -0.15) is 0 Å².